The molecule has 0 rings (SSSR count). The number of hydrogen-bond donors (Lipinski definition) is 0. The van der Waals surface area contributed by atoms with Crippen molar-refractivity contribution in [2.45, 2.75) is 18.7 Å². The Bertz CT molecular complexity index is 123. The molecule has 5 heteroatoms. The smallest absolute Gasteiger partial charge is 0.329 e. The number of rotatable bonds is 3. The molecule has 0 spiro atoms. The molecule has 0 N–H and O–H groups in total. The highest BCUT2D eigenvalue weighted by molar-refractivity contribution is 7.80. The monoisotopic (exact) mass is 188 g/mol. The first-order chi connectivity index (χ1) is 4.45. The molecule has 0 radical (unpaired) electrons. The quantitative estimate of drug-likeness (QED) is 0.497. The average molecular weight is 189 g/mol. The Morgan fingerprint density at radius 3 is 2.50 bits per heavy atom. The first-order valence-electron chi connectivity index (χ1n) is 2.68. The standard InChI is InChI=1S/C5H7ClF2OS/c1-2-9-4(10)3-5(6,7)8/h2-3H2,1H3. The molecule has 0 aliphatic carbocycles. The molecule has 0 aliphatic heterocycles. The molecule has 0 aliphatic rings. The summed E-state index contributed by atoms with van der Waals surface area (Å²) < 4.78 is 28.4. The maximum Gasteiger partial charge on any atom is 0.329 e. The van der Waals surface area contributed by atoms with E-state index in [1.54, 1.807) is 6.92 Å². The van der Waals surface area contributed by atoms with Crippen molar-refractivity contribution >= 4 is 28.9 Å². The Balaban J connectivity index is 3.58. The van der Waals surface area contributed by atoms with E-state index in [4.69, 9.17) is 0 Å². The van der Waals surface area contributed by atoms with Gasteiger partial charge in [-0.05, 0) is 30.7 Å². The van der Waals surface area contributed by atoms with Crippen molar-refractivity contribution in [2.24, 2.45) is 0 Å². The van der Waals surface area contributed by atoms with Crippen LogP contribution in [0.1, 0.15) is 13.3 Å². The van der Waals surface area contributed by atoms with Crippen molar-refractivity contribution in [3.8, 4) is 0 Å². The van der Waals surface area contributed by atoms with Crippen LogP contribution in [0.2, 0.25) is 0 Å². The molecule has 0 amide bonds. The molecular formula is C5H7ClF2OS. The van der Waals surface area contributed by atoms with Crippen LogP contribution < -0.4 is 0 Å². The second-order valence-electron chi connectivity index (χ2n) is 1.60. The molecule has 60 valence electrons. The number of ether oxygens (including phenoxy) is 1. The lowest BCUT2D eigenvalue weighted by atomic mass is 10.5. The third-order valence-corrected chi connectivity index (χ3v) is 1.05. The van der Waals surface area contributed by atoms with Gasteiger partial charge < -0.3 is 4.74 Å². The maximum absolute atomic E-state index is 11.9. The van der Waals surface area contributed by atoms with Gasteiger partial charge in [-0.15, -0.1) is 0 Å². The lowest BCUT2D eigenvalue weighted by molar-refractivity contribution is 0.0984. The fourth-order valence-corrected chi connectivity index (χ4v) is 0.875. The Morgan fingerprint density at radius 1 is 1.70 bits per heavy atom. The van der Waals surface area contributed by atoms with Crippen LogP contribution in [0.15, 0.2) is 0 Å². The van der Waals surface area contributed by atoms with E-state index in [0.717, 1.165) is 0 Å². The van der Waals surface area contributed by atoms with Gasteiger partial charge in [0.15, 0.2) is 5.05 Å². The summed E-state index contributed by atoms with van der Waals surface area (Å²) in [5.74, 6) is 0. The van der Waals surface area contributed by atoms with Crippen LogP contribution in [0, 0.1) is 0 Å². The summed E-state index contributed by atoms with van der Waals surface area (Å²) in [6.45, 7) is 1.96. The van der Waals surface area contributed by atoms with E-state index in [-0.39, 0.29) is 5.05 Å². The predicted molar refractivity (Wildman–Crippen MR) is 39.6 cm³/mol. The minimum atomic E-state index is -3.27. The highest BCUT2D eigenvalue weighted by Crippen LogP contribution is 2.23. The summed E-state index contributed by atoms with van der Waals surface area (Å²) in [4.78, 5) is 0. The molecule has 0 heterocycles. The van der Waals surface area contributed by atoms with Crippen LogP contribution in [0.5, 0.6) is 0 Å². The van der Waals surface area contributed by atoms with Crippen molar-refractivity contribution in [1.82, 2.24) is 0 Å². The second kappa shape index (κ2) is 4.03. The predicted octanol–water partition coefficient (Wildman–Crippen LogP) is 2.57. The van der Waals surface area contributed by atoms with Crippen LogP contribution in [-0.4, -0.2) is 17.0 Å². The molecule has 0 fully saturated rings. The van der Waals surface area contributed by atoms with Crippen LogP contribution in [-0.2, 0) is 4.74 Å². The summed E-state index contributed by atoms with van der Waals surface area (Å²) in [6, 6.07) is 0. The Kier molecular flexibility index (Phi) is 4.05. The van der Waals surface area contributed by atoms with Crippen molar-refractivity contribution < 1.29 is 13.5 Å². The zero-order chi connectivity index (χ0) is 8.20. The summed E-state index contributed by atoms with van der Waals surface area (Å²) in [7, 11) is 0. The van der Waals surface area contributed by atoms with Gasteiger partial charge in [-0.25, -0.2) is 0 Å². The van der Waals surface area contributed by atoms with E-state index in [0.29, 0.717) is 6.61 Å². The average Bonchev–Trinajstić information content (AvgIpc) is 1.59. The topological polar surface area (TPSA) is 9.23 Å². The SMILES string of the molecule is CCOC(=S)CC(F)(F)Cl. The van der Waals surface area contributed by atoms with Gasteiger partial charge in [-0.1, -0.05) is 0 Å². The van der Waals surface area contributed by atoms with E-state index in [1.807, 2.05) is 0 Å². The van der Waals surface area contributed by atoms with E-state index in [1.165, 1.54) is 0 Å². The van der Waals surface area contributed by atoms with Gasteiger partial charge >= 0.3 is 5.38 Å². The van der Waals surface area contributed by atoms with E-state index in [9.17, 15) is 8.78 Å². The number of thiocarbonyl (C=S) groups is 1. The highest BCUT2D eigenvalue weighted by Gasteiger charge is 2.27. The van der Waals surface area contributed by atoms with Crippen molar-refractivity contribution in [3.05, 3.63) is 0 Å². The molecule has 0 unspecified atom stereocenters. The highest BCUT2D eigenvalue weighted by atomic mass is 35.5. The van der Waals surface area contributed by atoms with E-state index < -0.39 is 11.8 Å². The molecule has 0 aromatic carbocycles. The molecule has 0 saturated heterocycles. The van der Waals surface area contributed by atoms with Gasteiger partial charge in [0.05, 0.1) is 13.0 Å². The maximum atomic E-state index is 11.9. The van der Waals surface area contributed by atoms with E-state index in [2.05, 4.69) is 28.6 Å². The fourth-order valence-electron chi connectivity index (χ4n) is 0.376. The van der Waals surface area contributed by atoms with Gasteiger partial charge in [0.1, 0.15) is 0 Å². The van der Waals surface area contributed by atoms with E-state index >= 15 is 0 Å². The summed E-state index contributed by atoms with van der Waals surface area (Å²) >= 11 is 8.98. The zero-order valence-corrected chi connectivity index (χ0v) is 6.94. The third kappa shape index (κ3) is 6.16. The largest absolute Gasteiger partial charge is 0.487 e. The van der Waals surface area contributed by atoms with Crippen molar-refractivity contribution in [3.63, 3.8) is 0 Å². The van der Waals surface area contributed by atoms with Crippen LogP contribution in [0.25, 0.3) is 0 Å². The second-order valence-corrected chi connectivity index (χ2v) is 2.61. The van der Waals surface area contributed by atoms with Gasteiger partial charge in [-0.3, -0.25) is 0 Å². The molecule has 0 aromatic heterocycles. The van der Waals surface area contributed by atoms with Crippen molar-refractivity contribution in [1.29, 1.82) is 0 Å². The minimum Gasteiger partial charge on any atom is -0.487 e. The Hall–Kier alpha value is 0.0400. The summed E-state index contributed by atoms with van der Waals surface area (Å²) in [5.41, 5.74) is 0. The van der Waals surface area contributed by atoms with Crippen LogP contribution in [0.3, 0.4) is 0 Å². The lowest BCUT2D eigenvalue weighted by Crippen LogP contribution is -2.14. The zero-order valence-electron chi connectivity index (χ0n) is 5.36. The fraction of sp³-hybridized carbons (Fsp3) is 0.800. The molecule has 0 atom stereocenters. The summed E-state index contributed by atoms with van der Waals surface area (Å²) in [6.07, 6.45) is -0.697. The van der Waals surface area contributed by atoms with Gasteiger partial charge in [-0.2, -0.15) is 8.78 Å². The molecule has 0 bridgehead atoms. The number of hydrogen-bond acceptors (Lipinski definition) is 2. The molecule has 0 aromatic rings. The third-order valence-electron chi connectivity index (χ3n) is 0.650. The molecule has 10 heavy (non-hydrogen) atoms. The number of alkyl halides is 3. The Morgan fingerprint density at radius 2 is 2.20 bits per heavy atom. The Labute approximate surface area is 68.3 Å². The van der Waals surface area contributed by atoms with Crippen molar-refractivity contribution in [2.75, 3.05) is 6.61 Å². The molecular weight excluding hydrogens is 182 g/mol. The first kappa shape index (κ1) is 10.0. The minimum absolute atomic E-state index is 0.150. The van der Waals surface area contributed by atoms with Crippen LogP contribution in [0.4, 0.5) is 8.78 Å². The first-order valence-corrected chi connectivity index (χ1v) is 3.46. The normalized spacial score (nSPS) is 11.2. The molecule has 1 nitrogen and oxygen atoms in total. The van der Waals surface area contributed by atoms with Gasteiger partial charge in [0.25, 0.3) is 0 Å². The lowest BCUT2D eigenvalue weighted by Gasteiger charge is -2.08. The van der Waals surface area contributed by atoms with Crippen LogP contribution >= 0.6 is 23.8 Å². The van der Waals surface area contributed by atoms with Gasteiger partial charge in [0, 0.05) is 0 Å². The molecule has 0 saturated carbocycles. The number of halogens is 3. The summed E-state index contributed by atoms with van der Waals surface area (Å²) in [5, 5.41) is -3.42. The van der Waals surface area contributed by atoms with Gasteiger partial charge in [0.2, 0.25) is 0 Å².